The van der Waals surface area contributed by atoms with Gasteiger partial charge in [0, 0.05) is 19.6 Å². The Morgan fingerprint density at radius 1 is 0.955 bits per heavy atom. The Kier molecular flexibility index (Phi) is 10.4. The van der Waals surface area contributed by atoms with Crippen molar-refractivity contribution in [2.75, 3.05) is 44.3 Å². The molecule has 3 heterocycles. The fraction of sp³-hybridized carbons (Fsp3) is 0.387. The third kappa shape index (κ3) is 8.27. The number of amides is 3. The van der Waals surface area contributed by atoms with Crippen molar-refractivity contribution in [3.8, 4) is 5.75 Å². The van der Waals surface area contributed by atoms with Gasteiger partial charge >= 0.3 is 6.03 Å². The number of nitrogens with one attached hydrogen (secondary N) is 3. The summed E-state index contributed by atoms with van der Waals surface area (Å²) in [4.78, 5) is 39.9. The Morgan fingerprint density at radius 2 is 1.68 bits per heavy atom. The Balaban J connectivity index is 0.970. The highest BCUT2D eigenvalue weighted by Crippen LogP contribution is 2.26. The molecule has 0 unspecified atom stereocenters. The van der Waals surface area contributed by atoms with Crippen LogP contribution in [0, 0.1) is 3.70 Å². The fourth-order valence-corrected chi connectivity index (χ4v) is 5.63. The molecule has 1 spiro atoms. The van der Waals surface area contributed by atoms with E-state index in [1.165, 1.54) is 5.56 Å². The zero-order chi connectivity index (χ0) is 30.9. The van der Waals surface area contributed by atoms with Gasteiger partial charge in [-0.2, -0.15) is 0 Å². The van der Waals surface area contributed by atoms with Crippen molar-refractivity contribution in [2.45, 2.75) is 44.1 Å². The van der Waals surface area contributed by atoms with E-state index < -0.39 is 5.91 Å². The number of hydrogen-bond acceptors (Lipinski definition) is 9. The second-order valence-corrected chi connectivity index (χ2v) is 12.1. The summed E-state index contributed by atoms with van der Waals surface area (Å²) in [7, 11) is 0. The van der Waals surface area contributed by atoms with Crippen LogP contribution in [0.4, 0.5) is 16.4 Å². The monoisotopic (exact) mass is 711 g/mol. The molecule has 2 aliphatic heterocycles. The molecule has 0 bridgehead atoms. The number of carbonyl (C=O) groups is 2. The largest absolute Gasteiger partial charge is 0.494 e. The molecule has 1 fully saturated rings. The van der Waals surface area contributed by atoms with Crippen LogP contribution in [0.25, 0.3) is 0 Å². The van der Waals surface area contributed by atoms with Crippen LogP contribution in [-0.4, -0.2) is 71.1 Å². The standard InChI is InChI=1S/C31H38IN9O3/c32-25-27(34)38-26(33)24(37-25)28(42)39-29-36-20-31(40-29)14-17-41(18-15-31)30(43)35-16-13-22-9-11-23(12-10-22)44-19-5-4-8-21-6-2-1-3-7-21/h1-3,6-7,9-12H,4-5,8,13-20H2,(H,35,43)(H4,33,34,38)(H2,36,39,40,42). The second-order valence-electron chi connectivity index (χ2n) is 11.1. The van der Waals surface area contributed by atoms with E-state index in [2.05, 4.69) is 55.2 Å². The highest BCUT2D eigenvalue weighted by atomic mass is 127. The third-order valence-electron chi connectivity index (χ3n) is 7.87. The van der Waals surface area contributed by atoms with Crippen molar-refractivity contribution in [1.82, 2.24) is 30.8 Å². The van der Waals surface area contributed by atoms with Gasteiger partial charge in [-0.15, -0.1) is 0 Å². The molecule has 1 saturated heterocycles. The molecule has 3 aromatic rings. The average Bonchev–Trinajstić information content (AvgIpc) is 3.41. The Morgan fingerprint density at radius 3 is 2.43 bits per heavy atom. The predicted octanol–water partition coefficient (Wildman–Crippen LogP) is 3.12. The van der Waals surface area contributed by atoms with E-state index in [0.29, 0.717) is 55.3 Å². The Bertz CT molecular complexity index is 1480. The van der Waals surface area contributed by atoms with Crippen LogP contribution in [0.1, 0.15) is 47.3 Å². The van der Waals surface area contributed by atoms with Gasteiger partial charge in [0.15, 0.2) is 23.3 Å². The lowest BCUT2D eigenvalue weighted by molar-refractivity contribution is 0.0971. The van der Waals surface area contributed by atoms with Crippen molar-refractivity contribution in [1.29, 1.82) is 0 Å². The average molecular weight is 712 g/mol. The van der Waals surface area contributed by atoms with Gasteiger partial charge in [-0.25, -0.2) is 14.8 Å². The molecule has 3 amide bonds. The van der Waals surface area contributed by atoms with Gasteiger partial charge in [0.05, 0.1) is 18.7 Å². The van der Waals surface area contributed by atoms with Crippen molar-refractivity contribution in [2.24, 2.45) is 4.99 Å². The van der Waals surface area contributed by atoms with Crippen LogP contribution in [0.5, 0.6) is 5.75 Å². The molecule has 2 aromatic carbocycles. The maximum atomic E-state index is 12.8. The number of aromatic nitrogens is 2. The number of urea groups is 1. The summed E-state index contributed by atoms with van der Waals surface area (Å²) in [5.74, 6) is 0.848. The smallest absolute Gasteiger partial charge is 0.317 e. The zero-order valence-corrected chi connectivity index (χ0v) is 26.7. The number of aliphatic imine (C=N–C) groups is 1. The summed E-state index contributed by atoms with van der Waals surface area (Å²) >= 11 is 1.90. The first kappa shape index (κ1) is 31.3. The van der Waals surface area contributed by atoms with Gasteiger partial charge in [-0.3, -0.25) is 15.1 Å². The topological polar surface area (TPSA) is 173 Å². The minimum atomic E-state index is -0.510. The third-order valence-corrected chi connectivity index (χ3v) is 8.66. The minimum absolute atomic E-state index is 0.00466. The first-order valence-corrected chi connectivity index (χ1v) is 15.9. The van der Waals surface area contributed by atoms with E-state index >= 15 is 0 Å². The summed E-state index contributed by atoms with van der Waals surface area (Å²) in [6, 6.07) is 18.5. The Hall–Kier alpha value is -4.14. The second kappa shape index (κ2) is 14.6. The lowest BCUT2D eigenvalue weighted by Crippen LogP contribution is -2.58. The van der Waals surface area contributed by atoms with Crippen LogP contribution in [0.2, 0.25) is 0 Å². The number of halogens is 1. The number of carbonyl (C=O) groups excluding carboxylic acids is 2. The van der Waals surface area contributed by atoms with Crippen LogP contribution in [0.3, 0.4) is 0 Å². The van der Waals surface area contributed by atoms with Gasteiger partial charge in [0.25, 0.3) is 5.91 Å². The number of guanidine groups is 1. The lowest BCUT2D eigenvalue weighted by Gasteiger charge is -2.39. The van der Waals surface area contributed by atoms with Gasteiger partial charge in [0.1, 0.15) is 9.45 Å². The van der Waals surface area contributed by atoms with Gasteiger partial charge in [0.2, 0.25) is 0 Å². The number of anilines is 2. The summed E-state index contributed by atoms with van der Waals surface area (Å²) < 4.78 is 6.29. The number of unbranched alkanes of at least 4 members (excludes halogenated alkanes) is 1. The number of benzene rings is 2. The molecular formula is C31H38IN9O3. The maximum absolute atomic E-state index is 12.8. The van der Waals surface area contributed by atoms with E-state index in [1.807, 2.05) is 57.8 Å². The fourth-order valence-electron chi connectivity index (χ4n) is 5.27. The van der Waals surface area contributed by atoms with Crippen molar-refractivity contribution >= 4 is 52.1 Å². The van der Waals surface area contributed by atoms with Crippen LogP contribution >= 0.6 is 22.6 Å². The molecule has 1 aromatic heterocycles. The number of piperidine rings is 1. The molecule has 44 heavy (non-hydrogen) atoms. The predicted molar refractivity (Wildman–Crippen MR) is 178 cm³/mol. The molecule has 0 atom stereocenters. The van der Waals surface area contributed by atoms with E-state index in [1.54, 1.807) is 0 Å². The summed E-state index contributed by atoms with van der Waals surface area (Å²) in [5.41, 5.74) is 13.7. The highest BCUT2D eigenvalue weighted by molar-refractivity contribution is 14.1. The van der Waals surface area contributed by atoms with E-state index in [0.717, 1.165) is 37.0 Å². The van der Waals surface area contributed by atoms with Crippen molar-refractivity contribution in [3.05, 3.63) is 75.1 Å². The maximum Gasteiger partial charge on any atom is 0.317 e. The summed E-state index contributed by atoms with van der Waals surface area (Å²) in [6.45, 7) is 2.92. The SMILES string of the molecule is Nc1nc(N)c(C(=O)NC2=NCC3(CCN(C(=O)NCCc4ccc(OCCCCc5ccccc5)cc4)CC3)N2)nc1I. The first-order chi connectivity index (χ1) is 21.3. The molecule has 0 aliphatic carbocycles. The zero-order valence-electron chi connectivity index (χ0n) is 24.5. The number of ether oxygens (including phenoxy) is 1. The van der Waals surface area contributed by atoms with E-state index in [-0.39, 0.29) is 28.9 Å². The molecule has 2 aliphatic rings. The molecule has 232 valence electrons. The number of nitrogens with two attached hydrogens (primary N) is 2. The number of likely N-dealkylation sites (tertiary alicyclic amines) is 1. The van der Waals surface area contributed by atoms with Crippen LogP contribution in [0.15, 0.2) is 59.6 Å². The summed E-state index contributed by atoms with van der Waals surface area (Å²) in [6.07, 6.45) is 5.33. The van der Waals surface area contributed by atoms with Gasteiger partial charge in [-0.05, 0) is 84.4 Å². The molecule has 12 nitrogen and oxygen atoms in total. The number of hydrogen-bond donors (Lipinski definition) is 5. The van der Waals surface area contributed by atoms with E-state index in [4.69, 9.17) is 16.2 Å². The highest BCUT2D eigenvalue weighted by Gasteiger charge is 2.40. The number of aryl methyl sites for hydroxylation is 1. The normalized spacial score (nSPS) is 15.4. The number of nitrogens with zero attached hydrogens (tertiary/aromatic N) is 4. The van der Waals surface area contributed by atoms with Crippen LogP contribution < -0.4 is 32.2 Å². The number of nitrogen functional groups attached to an aromatic ring is 2. The molecular weight excluding hydrogens is 673 g/mol. The van der Waals surface area contributed by atoms with Crippen LogP contribution in [-0.2, 0) is 12.8 Å². The molecule has 5 rings (SSSR count). The van der Waals surface area contributed by atoms with Crippen molar-refractivity contribution in [3.63, 3.8) is 0 Å². The summed E-state index contributed by atoms with van der Waals surface area (Å²) in [5, 5.41) is 9.11. The van der Waals surface area contributed by atoms with E-state index in [9.17, 15) is 9.59 Å². The number of rotatable bonds is 10. The van der Waals surface area contributed by atoms with Crippen molar-refractivity contribution < 1.29 is 14.3 Å². The minimum Gasteiger partial charge on any atom is -0.494 e. The molecule has 0 radical (unpaired) electrons. The molecule has 0 saturated carbocycles. The van der Waals surface area contributed by atoms with Gasteiger partial charge in [-0.1, -0.05) is 42.5 Å². The first-order valence-electron chi connectivity index (χ1n) is 14.8. The molecule has 7 N–H and O–H groups in total. The molecule has 13 heteroatoms. The van der Waals surface area contributed by atoms with Gasteiger partial charge < -0.3 is 31.7 Å². The lowest BCUT2D eigenvalue weighted by atomic mass is 9.88. The quantitative estimate of drug-likeness (QED) is 0.158. The Labute approximate surface area is 270 Å².